The van der Waals surface area contributed by atoms with Gasteiger partial charge in [-0.15, -0.1) is 0 Å². The van der Waals surface area contributed by atoms with Crippen LogP contribution in [0.3, 0.4) is 0 Å². The number of carbonyl (C=O) groups is 2. The van der Waals surface area contributed by atoms with Gasteiger partial charge in [0.2, 0.25) is 0 Å². The first-order chi connectivity index (χ1) is 12.6. The zero-order chi connectivity index (χ0) is 18.8. The lowest BCUT2D eigenvalue weighted by Crippen LogP contribution is -2.17. The van der Waals surface area contributed by atoms with Crippen LogP contribution in [-0.2, 0) is 9.53 Å². The topological polar surface area (TPSA) is 99.1 Å². The highest BCUT2D eigenvalue weighted by Gasteiger charge is 2.09. The van der Waals surface area contributed by atoms with Gasteiger partial charge in [0, 0.05) is 18.0 Å². The van der Waals surface area contributed by atoms with Crippen molar-refractivity contribution in [1.82, 2.24) is 10.4 Å². The first-order valence-electron chi connectivity index (χ1n) is 7.84. The second-order valence-electron chi connectivity index (χ2n) is 4.94. The Labute approximate surface area is 150 Å². The van der Waals surface area contributed by atoms with Crippen LogP contribution >= 0.6 is 0 Å². The van der Waals surface area contributed by atoms with E-state index >= 15 is 0 Å². The van der Waals surface area contributed by atoms with Crippen molar-refractivity contribution in [3.8, 4) is 11.5 Å². The average molecular weight is 357 g/mol. The number of ether oxygens (including phenoxy) is 3. The second kappa shape index (κ2) is 9.77. The van der Waals surface area contributed by atoms with E-state index in [2.05, 4.69) is 15.5 Å². The van der Waals surface area contributed by atoms with Crippen LogP contribution in [0.25, 0.3) is 0 Å². The molecule has 0 unspecified atom stereocenters. The second-order valence-corrected chi connectivity index (χ2v) is 4.94. The molecule has 2 rings (SSSR count). The van der Waals surface area contributed by atoms with Crippen molar-refractivity contribution >= 4 is 18.1 Å². The van der Waals surface area contributed by atoms with Gasteiger partial charge < -0.3 is 14.2 Å². The Morgan fingerprint density at radius 2 is 1.96 bits per heavy atom. The minimum Gasteiger partial charge on any atom is -0.493 e. The zero-order valence-corrected chi connectivity index (χ0v) is 14.5. The van der Waals surface area contributed by atoms with E-state index in [1.807, 2.05) is 0 Å². The summed E-state index contributed by atoms with van der Waals surface area (Å²) in [7, 11) is 1.50. The standard InChI is InChI=1S/C18H19N3O5/c1-3-25-17(22)12-26-16-10-13(4-5-15(16)24-2)11-20-21-18(23)14-6-8-19-9-7-14/h4-11H,3,12H2,1-2H3,(H,21,23)/b20-11+. The van der Waals surface area contributed by atoms with Gasteiger partial charge in [0.05, 0.1) is 19.9 Å². The number of benzene rings is 1. The minimum atomic E-state index is -0.474. The molecule has 0 spiro atoms. The van der Waals surface area contributed by atoms with Crippen LogP contribution in [0.2, 0.25) is 0 Å². The first-order valence-corrected chi connectivity index (χ1v) is 7.84. The van der Waals surface area contributed by atoms with E-state index in [9.17, 15) is 9.59 Å². The molecule has 0 saturated carbocycles. The Morgan fingerprint density at radius 1 is 1.19 bits per heavy atom. The van der Waals surface area contributed by atoms with Gasteiger partial charge in [-0.3, -0.25) is 9.78 Å². The molecule has 1 aromatic carbocycles. The molecule has 0 bridgehead atoms. The highest BCUT2D eigenvalue weighted by atomic mass is 16.6. The number of nitrogens with one attached hydrogen (secondary N) is 1. The lowest BCUT2D eigenvalue weighted by atomic mass is 10.2. The number of methoxy groups -OCH3 is 1. The summed E-state index contributed by atoms with van der Waals surface area (Å²) < 4.78 is 15.4. The van der Waals surface area contributed by atoms with Crippen LogP contribution < -0.4 is 14.9 Å². The highest BCUT2D eigenvalue weighted by Crippen LogP contribution is 2.27. The Bertz CT molecular complexity index is 778. The summed E-state index contributed by atoms with van der Waals surface area (Å²) in [5.74, 6) is 0.00594. The Balaban J connectivity index is 2.01. The van der Waals surface area contributed by atoms with Crippen molar-refractivity contribution in [2.75, 3.05) is 20.3 Å². The van der Waals surface area contributed by atoms with E-state index in [0.29, 0.717) is 22.6 Å². The molecule has 136 valence electrons. The lowest BCUT2D eigenvalue weighted by molar-refractivity contribution is -0.145. The zero-order valence-electron chi connectivity index (χ0n) is 14.5. The molecule has 0 saturated heterocycles. The molecule has 0 aliphatic rings. The van der Waals surface area contributed by atoms with Gasteiger partial charge in [-0.25, -0.2) is 10.2 Å². The van der Waals surface area contributed by atoms with E-state index < -0.39 is 5.97 Å². The fraction of sp³-hybridized carbons (Fsp3) is 0.222. The summed E-state index contributed by atoms with van der Waals surface area (Å²) in [5.41, 5.74) is 3.52. The van der Waals surface area contributed by atoms with E-state index in [1.165, 1.54) is 25.7 Å². The number of hydrogen-bond acceptors (Lipinski definition) is 7. The minimum absolute atomic E-state index is 0.233. The molecule has 1 aromatic heterocycles. The maximum absolute atomic E-state index is 11.9. The molecule has 26 heavy (non-hydrogen) atoms. The van der Waals surface area contributed by atoms with Gasteiger partial charge >= 0.3 is 5.97 Å². The number of aromatic nitrogens is 1. The molecular formula is C18H19N3O5. The molecule has 8 nitrogen and oxygen atoms in total. The summed E-state index contributed by atoms with van der Waals surface area (Å²) in [4.78, 5) is 27.2. The molecule has 2 aromatic rings. The van der Waals surface area contributed by atoms with E-state index in [1.54, 1.807) is 37.3 Å². The summed E-state index contributed by atoms with van der Waals surface area (Å²) in [6.07, 6.45) is 4.50. The third kappa shape index (κ3) is 5.59. The van der Waals surface area contributed by atoms with Crippen molar-refractivity contribution in [3.05, 3.63) is 53.9 Å². The van der Waals surface area contributed by atoms with Gasteiger partial charge in [-0.2, -0.15) is 5.10 Å². The monoisotopic (exact) mass is 357 g/mol. The quantitative estimate of drug-likeness (QED) is 0.439. The number of carbonyl (C=O) groups excluding carboxylic acids is 2. The van der Waals surface area contributed by atoms with Crippen LogP contribution in [0.4, 0.5) is 0 Å². The van der Waals surface area contributed by atoms with E-state index in [0.717, 1.165) is 0 Å². The summed E-state index contributed by atoms with van der Waals surface area (Å²) >= 11 is 0. The summed E-state index contributed by atoms with van der Waals surface area (Å²) in [6.45, 7) is 1.77. The van der Waals surface area contributed by atoms with Gasteiger partial charge in [0.1, 0.15) is 0 Å². The van der Waals surface area contributed by atoms with Crippen LogP contribution in [0.15, 0.2) is 47.8 Å². The molecule has 1 heterocycles. The van der Waals surface area contributed by atoms with Gasteiger partial charge in [0.25, 0.3) is 5.91 Å². The smallest absolute Gasteiger partial charge is 0.344 e. The number of hydrazone groups is 1. The Morgan fingerprint density at radius 3 is 2.65 bits per heavy atom. The lowest BCUT2D eigenvalue weighted by Gasteiger charge is -2.10. The Kier molecular flexibility index (Phi) is 7.11. The average Bonchev–Trinajstić information content (AvgIpc) is 2.67. The number of pyridine rings is 1. The largest absolute Gasteiger partial charge is 0.493 e. The molecule has 0 aliphatic heterocycles. The number of hydrogen-bond donors (Lipinski definition) is 1. The molecule has 8 heteroatoms. The van der Waals surface area contributed by atoms with Crippen molar-refractivity contribution in [3.63, 3.8) is 0 Å². The molecule has 1 amide bonds. The van der Waals surface area contributed by atoms with Crippen molar-refractivity contribution in [2.24, 2.45) is 5.10 Å². The molecule has 0 atom stereocenters. The Hall–Kier alpha value is -3.42. The molecule has 0 radical (unpaired) electrons. The van der Waals surface area contributed by atoms with Gasteiger partial charge in [-0.1, -0.05) is 0 Å². The molecule has 0 aliphatic carbocycles. The molecular weight excluding hydrogens is 338 g/mol. The molecule has 0 fully saturated rings. The summed E-state index contributed by atoms with van der Waals surface area (Å²) in [6, 6.07) is 8.21. The maximum Gasteiger partial charge on any atom is 0.344 e. The predicted molar refractivity (Wildman–Crippen MR) is 94.4 cm³/mol. The van der Waals surface area contributed by atoms with Crippen molar-refractivity contribution < 1.29 is 23.8 Å². The SMILES string of the molecule is CCOC(=O)COc1cc(/C=N/NC(=O)c2ccncc2)ccc1OC. The number of nitrogens with zero attached hydrogens (tertiary/aromatic N) is 2. The predicted octanol–water partition coefficient (Wildman–Crippen LogP) is 1.80. The van der Waals surface area contributed by atoms with Crippen LogP contribution in [-0.4, -0.2) is 43.4 Å². The number of amides is 1. The van der Waals surface area contributed by atoms with Gasteiger partial charge in [-0.05, 0) is 42.8 Å². The highest BCUT2D eigenvalue weighted by molar-refractivity contribution is 5.94. The van der Waals surface area contributed by atoms with Crippen LogP contribution in [0.5, 0.6) is 11.5 Å². The third-order valence-corrected chi connectivity index (χ3v) is 3.16. The fourth-order valence-electron chi connectivity index (χ4n) is 1.96. The number of esters is 1. The fourth-order valence-corrected chi connectivity index (χ4v) is 1.96. The van der Waals surface area contributed by atoms with Crippen LogP contribution in [0, 0.1) is 0 Å². The van der Waals surface area contributed by atoms with Crippen molar-refractivity contribution in [1.29, 1.82) is 0 Å². The molecule has 1 N–H and O–H groups in total. The van der Waals surface area contributed by atoms with Gasteiger partial charge in [0.15, 0.2) is 18.1 Å². The number of rotatable bonds is 8. The van der Waals surface area contributed by atoms with E-state index in [4.69, 9.17) is 14.2 Å². The maximum atomic E-state index is 11.9. The summed E-state index contributed by atoms with van der Waals surface area (Å²) in [5, 5.41) is 3.91. The van der Waals surface area contributed by atoms with E-state index in [-0.39, 0.29) is 19.1 Å². The van der Waals surface area contributed by atoms with Crippen molar-refractivity contribution in [2.45, 2.75) is 6.92 Å². The third-order valence-electron chi connectivity index (χ3n) is 3.16. The first kappa shape index (κ1) is 18.9. The van der Waals surface area contributed by atoms with Crippen LogP contribution in [0.1, 0.15) is 22.8 Å². The normalized spacial score (nSPS) is 10.4.